The molecular weight excluding hydrogens is 383 g/mol. The number of aliphatic imine (C=N–C) groups is 2. The average molecular weight is 413 g/mol. The highest BCUT2D eigenvalue weighted by Gasteiger charge is 2.40. The highest BCUT2D eigenvalue weighted by atomic mass is 19.1. The minimum absolute atomic E-state index is 0.0470. The molecule has 1 aromatic rings. The second kappa shape index (κ2) is 8.18. The standard InChI is InChI=1S/C22H29FN6O/c1-14-6-11-18(27-20(14)29-12-4-3-5-19(29)30)22(2)17(23)13-25-21(28-22)26-16-9-7-15(24)8-10-16/h3-5,11-16H,6-10,24H2,1-2H3,(H2,25,26,28). The van der Waals surface area contributed by atoms with Gasteiger partial charge in [0.15, 0.2) is 5.96 Å². The molecule has 0 amide bonds. The molecule has 0 bridgehead atoms. The number of halogens is 1. The van der Waals surface area contributed by atoms with E-state index in [1.54, 1.807) is 25.3 Å². The van der Waals surface area contributed by atoms with Crippen LogP contribution in [-0.4, -0.2) is 34.0 Å². The van der Waals surface area contributed by atoms with Crippen molar-refractivity contribution in [3.8, 4) is 0 Å². The summed E-state index contributed by atoms with van der Waals surface area (Å²) in [6.45, 7) is 3.76. The van der Waals surface area contributed by atoms with E-state index in [1.807, 2.05) is 13.0 Å². The number of nitrogens with one attached hydrogen (secondary N) is 2. The molecule has 3 aliphatic rings. The molecule has 2 unspecified atom stereocenters. The van der Waals surface area contributed by atoms with Crippen LogP contribution in [0.4, 0.5) is 4.39 Å². The lowest BCUT2D eigenvalue weighted by Crippen LogP contribution is -2.56. The molecule has 0 radical (unpaired) electrons. The van der Waals surface area contributed by atoms with Gasteiger partial charge in [0.1, 0.15) is 17.2 Å². The molecule has 4 rings (SSSR count). The number of aromatic nitrogens is 1. The van der Waals surface area contributed by atoms with E-state index < -0.39 is 5.54 Å². The first-order chi connectivity index (χ1) is 14.4. The maximum Gasteiger partial charge on any atom is 0.255 e. The van der Waals surface area contributed by atoms with Gasteiger partial charge in [0.05, 0.1) is 11.7 Å². The summed E-state index contributed by atoms with van der Waals surface area (Å²) in [5, 5.41) is 6.13. The van der Waals surface area contributed by atoms with E-state index in [0.717, 1.165) is 25.7 Å². The third-order valence-electron chi connectivity index (χ3n) is 6.16. The van der Waals surface area contributed by atoms with Crippen molar-refractivity contribution in [2.45, 2.75) is 63.6 Å². The first-order valence-corrected chi connectivity index (χ1v) is 10.6. The lowest BCUT2D eigenvalue weighted by Gasteiger charge is -2.37. The van der Waals surface area contributed by atoms with Crippen LogP contribution in [0, 0.1) is 5.92 Å². The minimum atomic E-state index is -1.15. The van der Waals surface area contributed by atoms with Crippen molar-refractivity contribution in [1.29, 1.82) is 0 Å². The van der Waals surface area contributed by atoms with Crippen LogP contribution < -0.4 is 21.9 Å². The predicted molar refractivity (Wildman–Crippen MR) is 117 cm³/mol. The molecule has 3 heterocycles. The second-order valence-electron chi connectivity index (χ2n) is 8.54. The molecule has 0 spiro atoms. The van der Waals surface area contributed by atoms with Crippen molar-refractivity contribution < 1.29 is 4.39 Å². The molecule has 1 aliphatic carbocycles. The number of hydrogen-bond donors (Lipinski definition) is 3. The fraction of sp³-hybridized carbons (Fsp3) is 0.500. The number of guanidine groups is 1. The van der Waals surface area contributed by atoms with Gasteiger partial charge in [-0.2, -0.15) is 0 Å². The van der Waals surface area contributed by atoms with Crippen LogP contribution in [0.25, 0.3) is 0 Å². The summed E-state index contributed by atoms with van der Waals surface area (Å²) in [4.78, 5) is 21.8. The van der Waals surface area contributed by atoms with E-state index in [-0.39, 0.29) is 29.4 Å². The van der Waals surface area contributed by atoms with Crippen LogP contribution in [0.15, 0.2) is 63.0 Å². The Morgan fingerprint density at radius 2 is 2.07 bits per heavy atom. The summed E-state index contributed by atoms with van der Waals surface area (Å²) < 4.78 is 16.5. The highest BCUT2D eigenvalue weighted by molar-refractivity contribution is 5.89. The van der Waals surface area contributed by atoms with Gasteiger partial charge in [0.25, 0.3) is 5.56 Å². The smallest absolute Gasteiger partial charge is 0.255 e. The van der Waals surface area contributed by atoms with E-state index >= 15 is 4.39 Å². The van der Waals surface area contributed by atoms with E-state index in [1.165, 1.54) is 16.8 Å². The normalized spacial score (nSPS) is 33.1. The van der Waals surface area contributed by atoms with Gasteiger partial charge in [-0.1, -0.05) is 19.1 Å². The second-order valence-corrected chi connectivity index (χ2v) is 8.54. The maximum absolute atomic E-state index is 15.0. The minimum Gasteiger partial charge on any atom is -0.339 e. The van der Waals surface area contributed by atoms with E-state index in [2.05, 4.69) is 10.6 Å². The molecule has 1 saturated carbocycles. The topological polar surface area (TPSA) is 96.8 Å². The molecule has 1 fully saturated rings. The fourth-order valence-corrected chi connectivity index (χ4v) is 4.17. The van der Waals surface area contributed by atoms with Gasteiger partial charge in [0.2, 0.25) is 0 Å². The molecule has 0 aromatic carbocycles. The predicted octanol–water partition coefficient (Wildman–Crippen LogP) is 2.41. The SMILES string of the molecule is CC1CC=C(C2(C)NC(=NC3CCC(N)CC3)NC=C2F)N=C1n1ccccc1=O. The maximum atomic E-state index is 15.0. The zero-order valence-electron chi connectivity index (χ0n) is 17.4. The quantitative estimate of drug-likeness (QED) is 0.695. The van der Waals surface area contributed by atoms with Crippen LogP contribution in [0.3, 0.4) is 0 Å². The summed E-state index contributed by atoms with van der Waals surface area (Å²) in [5.41, 5.74) is 5.22. The average Bonchev–Trinajstić information content (AvgIpc) is 2.73. The lowest BCUT2D eigenvalue weighted by atomic mass is 9.90. The number of allylic oxidation sites excluding steroid dienone is 1. The first kappa shape index (κ1) is 20.5. The molecule has 2 atom stereocenters. The van der Waals surface area contributed by atoms with Crippen LogP contribution in [0.2, 0.25) is 0 Å². The summed E-state index contributed by atoms with van der Waals surface area (Å²) in [6, 6.07) is 5.41. The zero-order chi connectivity index (χ0) is 21.3. The van der Waals surface area contributed by atoms with Gasteiger partial charge in [-0.15, -0.1) is 0 Å². The largest absolute Gasteiger partial charge is 0.339 e. The molecule has 2 aliphatic heterocycles. The Bertz CT molecular complexity index is 985. The van der Waals surface area contributed by atoms with Crippen molar-refractivity contribution in [3.05, 3.63) is 58.5 Å². The number of hydrogen-bond acceptors (Lipinski definition) is 4. The Balaban J connectivity index is 1.63. The summed E-state index contributed by atoms with van der Waals surface area (Å²) in [5.74, 6) is 0.821. The van der Waals surface area contributed by atoms with Gasteiger partial charge in [-0.05, 0) is 45.1 Å². The van der Waals surface area contributed by atoms with E-state index in [4.69, 9.17) is 15.7 Å². The van der Waals surface area contributed by atoms with Gasteiger partial charge in [-0.3, -0.25) is 9.36 Å². The number of pyridine rings is 1. The van der Waals surface area contributed by atoms with Crippen molar-refractivity contribution in [3.63, 3.8) is 0 Å². The van der Waals surface area contributed by atoms with Crippen LogP contribution in [0.1, 0.15) is 46.0 Å². The van der Waals surface area contributed by atoms with Crippen molar-refractivity contribution in [1.82, 2.24) is 15.2 Å². The van der Waals surface area contributed by atoms with Gasteiger partial charge < -0.3 is 16.4 Å². The van der Waals surface area contributed by atoms with Crippen molar-refractivity contribution in [2.24, 2.45) is 21.6 Å². The monoisotopic (exact) mass is 412 g/mol. The van der Waals surface area contributed by atoms with E-state index in [9.17, 15) is 4.79 Å². The molecule has 7 nitrogen and oxygen atoms in total. The summed E-state index contributed by atoms with van der Waals surface area (Å²) in [7, 11) is 0. The Kier molecular flexibility index (Phi) is 5.60. The Morgan fingerprint density at radius 3 is 2.80 bits per heavy atom. The molecule has 4 N–H and O–H groups in total. The van der Waals surface area contributed by atoms with Gasteiger partial charge in [-0.25, -0.2) is 14.4 Å². The lowest BCUT2D eigenvalue weighted by molar-refractivity contribution is 0.386. The van der Waals surface area contributed by atoms with Gasteiger partial charge in [0, 0.05) is 30.4 Å². The number of rotatable bonds is 2. The molecule has 0 saturated heterocycles. The van der Waals surface area contributed by atoms with Crippen molar-refractivity contribution >= 4 is 11.8 Å². The Hall–Kier alpha value is -2.74. The van der Waals surface area contributed by atoms with Crippen molar-refractivity contribution in [2.75, 3.05) is 0 Å². The number of nitrogens with zero attached hydrogens (tertiary/aromatic N) is 3. The van der Waals surface area contributed by atoms with Crippen LogP contribution in [-0.2, 0) is 0 Å². The third-order valence-corrected chi connectivity index (χ3v) is 6.16. The third kappa shape index (κ3) is 3.96. The summed E-state index contributed by atoms with van der Waals surface area (Å²) in [6.07, 6.45) is 9.40. The van der Waals surface area contributed by atoms with Crippen LogP contribution in [0.5, 0.6) is 0 Å². The first-order valence-electron chi connectivity index (χ1n) is 10.6. The molecule has 8 heteroatoms. The molecule has 1 aromatic heterocycles. The molecule has 30 heavy (non-hydrogen) atoms. The van der Waals surface area contributed by atoms with E-state index in [0.29, 0.717) is 23.9 Å². The summed E-state index contributed by atoms with van der Waals surface area (Å²) >= 11 is 0. The Morgan fingerprint density at radius 1 is 1.30 bits per heavy atom. The highest BCUT2D eigenvalue weighted by Crippen LogP contribution is 2.33. The zero-order valence-corrected chi connectivity index (χ0v) is 17.4. The molecular formula is C22H29FN6O. The fourth-order valence-electron chi connectivity index (χ4n) is 4.17. The number of nitrogens with two attached hydrogens (primary N) is 1. The van der Waals surface area contributed by atoms with Gasteiger partial charge >= 0.3 is 0 Å². The van der Waals surface area contributed by atoms with Crippen LogP contribution >= 0.6 is 0 Å². The Labute approximate surface area is 175 Å². The molecule has 160 valence electrons.